The zero-order valence-electron chi connectivity index (χ0n) is 8.88. The predicted octanol–water partition coefficient (Wildman–Crippen LogP) is 3.71. The average molecular weight is 274 g/mol. The minimum absolute atomic E-state index is 0.254. The van der Waals surface area contributed by atoms with Crippen molar-refractivity contribution in [2.75, 3.05) is 0 Å². The number of pyridine rings is 1. The Labute approximate surface area is 105 Å². The molecule has 6 heteroatoms. The highest BCUT2D eigenvalue weighted by Gasteiger charge is 2.34. The number of aromatic amines is 1. The summed E-state index contributed by atoms with van der Waals surface area (Å²) in [7, 11) is 0. The van der Waals surface area contributed by atoms with Gasteiger partial charge >= 0.3 is 6.18 Å². The maximum Gasteiger partial charge on any atom is 0.421 e. The number of nitrogens with one attached hydrogen (secondary N) is 1. The number of alkyl halides is 3. The molecule has 0 saturated carbocycles. The van der Waals surface area contributed by atoms with Crippen LogP contribution in [0.2, 0.25) is 5.02 Å². The zero-order valence-corrected chi connectivity index (χ0v) is 9.64. The number of hydrogen-bond acceptors (Lipinski definition) is 1. The Morgan fingerprint density at radius 1 is 1.11 bits per heavy atom. The molecule has 1 heterocycles. The monoisotopic (exact) mass is 273 g/mol. The molecule has 1 aromatic carbocycles. The summed E-state index contributed by atoms with van der Waals surface area (Å²) in [6, 6.07) is 7.18. The van der Waals surface area contributed by atoms with Gasteiger partial charge in [-0.15, -0.1) is 0 Å². The number of H-pyrrole nitrogens is 1. The van der Waals surface area contributed by atoms with E-state index in [9.17, 15) is 18.0 Å². The smallest absolute Gasteiger partial charge is 0.328 e. The highest BCUT2D eigenvalue weighted by atomic mass is 35.5. The van der Waals surface area contributed by atoms with Crippen LogP contribution in [0.25, 0.3) is 11.1 Å². The highest BCUT2D eigenvalue weighted by Crippen LogP contribution is 2.29. The van der Waals surface area contributed by atoms with E-state index in [1.165, 1.54) is 12.3 Å². The fourth-order valence-electron chi connectivity index (χ4n) is 1.53. The van der Waals surface area contributed by atoms with Gasteiger partial charge in [0.2, 0.25) is 0 Å². The van der Waals surface area contributed by atoms with Crippen LogP contribution in [-0.2, 0) is 6.18 Å². The molecule has 0 unspecified atom stereocenters. The topological polar surface area (TPSA) is 32.9 Å². The number of halogens is 4. The Kier molecular flexibility index (Phi) is 3.17. The molecular formula is C12H7ClF3NO. The van der Waals surface area contributed by atoms with Gasteiger partial charge in [-0.2, -0.15) is 13.2 Å². The first-order valence-electron chi connectivity index (χ1n) is 4.94. The minimum atomic E-state index is -4.68. The van der Waals surface area contributed by atoms with Crippen LogP contribution in [0.1, 0.15) is 5.56 Å². The van der Waals surface area contributed by atoms with Crippen molar-refractivity contribution in [2.45, 2.75) is 6.18 Å². The lowest BCUT2D eigenvalue weighted by Gasteiger charge is -2.08. The largest absolute Gasteiger partial charge is 0.421 e. The summed E-state index contributed by atoms with van der Waals surface area (Å²) in [5.74, 6) is 0. The van der Waals surface area contributed by atoms with Crippen LogP contribution in [0, 0.1) is 0 Å². The molecule has 0 saturated heterocycles. The van der Waals surface area contributed by atoms with Crippen molar-refractivity contribution < 1.29 is 13.2 Å². The molecule has 0 aliphatic heterocycles. The maximum absolute atomic E-state index is 12.6. The molecule has 2 nitrogen and oxygen atoms in total. The molecule has 2 rings (SSSR count). The summed E-state index contributed by atoms with van der Waals surface area (Å²) in [6.45, 7) is 0. The van der Waals surface area contributed by atoms with Gasteiger partial charge in [-0.3, -0.25) is 4.79 Å². The molecule has 18 heavy (non-hydrogen) atoms. The van der Waals surface area contributed by atoms with Crippen molar-refractivity contribution in [2.24, 2.45) is 0 Å². The number of rotatable bonds is 1. The van der Waals surface area contributed by atoms with Crippen molar-refractivity contribution in [3.05, 3.63) is 57.5 Å². The summed E-state index contributed by atoms with van der Waals surface area (Å²) in [5.41, 5.74) is -1.62. The molecule has 0 radical (unpaired) electrons. The third-order valence-electron chi connectivity index (χ3n) is 2.37. The Morgan fingerprint density at radius 2 is 1.83 bits per heavy atom. The van der Waals surface area contributed by atoms with Crippen LogP contribution < -0.4 is 5.56 Å². The van der Waals surface area contributed by atoms with Gasteiger partial charge in [0.1, 0.15) is 5.56 Å². The second-order valence-electron chi connectivity index (χ2n) is 3.64. The predicted molar refractivity (Wildman–Crippen MR) is 62.5 cm³/mol. The molecule has 0 atom stereocenters. The molecule has 1 N–H and O–H groups in total. The summed E-state index contributed by atoms with van der Waals surface area (Å²) >= 11 is 5.76. The van der Waals surface area contributed by atoms with Crippen LogP contribution in [0.5, 0.6) is 0 Å². The molecule has 0 spiro atoms. The molecule has 0 aliphatic carbocycles. The van der Waals surface area contributed by atoms with E-state index in [0.29, 0.717) is 10.6 Å². The van der Waals surface area contributed by atoms with Crippen LogP contribution in [0.4, 0.5) is 13.2 Å². The number of aromatic nitrogens is 1. The van der Waals surface area contributed by atoms with Crippen molar-refractivity contribution in [3.8, 4) is 11.1 Å². The second kappa shape index (κ2) is 4.49. The highest BCUT2D eigenvalue weighted by molar-refractivity contribution is 6.30. The van der Waals surface area contributed by atoms with Crippen molar-refractivity contribution in [1.82, 2.24) is 4.98 Å². The van der Waals surface area contributed by atoms with E-state index < -0.39 is 17.3 Å². The summed E-state index contributed by atoms with van der Waals surface area (Å²) < 4.78 is 37.7. The first-order chi connectivity index (χ1) is 8.38. The zero-order chi connectivity index (χ0) is 13.3. The fourth-order valence-corrected chi connectivity index (χ4v) is 1.72. The van der Waals surface area contributed by atoms with E-state index >= 15 is 0 Å². The molecule has 0 fully saturated rings. The second-order valence-corrected chi connectivity index (χ2v) is 4.08. The Morgan fingerprint density at radius 3 is 2.44 bits per heavy atom. The van der Waals surface area contributed by atoms with Gasteiger partial charge in [-0.1, -0.05) is 23.7 Å². The molecule has 94 valence electrons. The van der Waals surface area contributed by atoms with Crippen molar-refractivity contribution >= 4 is 11.6 Å². The molecular weight excluding hydrogens is 267 g/mol. The van der Waals surface area contributed by atoms with Gasteiger partial charge in [-0.05, 0) is 29.3 Å². The van der Waals surface area contributed by atoms with E-state index in [2.05, 4.69) is 4.98 Å². The van der Waals surface area contributed by atoms with Gasteiger partial charge in [0.25, 0.3) is 5.56 Å². The van der Waals surface area contributed by atoms with E-state index in [1.54, 1.807) is 18.2 Å². The Hall–Kier alpha value is -1.75. The van der Waals surface area contributed by atoms with Gasteiger partial charge in [0, 0.05) is 11.2 Å². The van der Waals surface area contributed by atoms with Crippen LogP contribution in [0.15, 0.2) is 41.3 Å². The third-order valence-corrected chi connectivity index (χ3v) is 2.60. The lowest BCUT2D eigenvalue weighted by Crippen LogP contribution is -2.20. The normalized spacial score (nSPS) is 11.6. The summed E-state index contributed by atoms with van der Waals surface area (Å²) in [6.07, 6.45) is -3.45. The van der Waals surface area contributed by atoms with Crippen LogP contribution in [0.3, 0.4) is 0 Å². The van der Waals surface area contributed by atoms with Crippen LogP contribution >= 0.6 is 11.6 Å². The summed E-state index contributed by atoms with van der Waals surface area (Å²) in [4.78, 5) is 13.2. The lowest BCUT2D eigenvalue weighted by atomic mass is 10.1. The van der Waals surface area contributed by atoms with Gasteiger partial charge < -0.3 is 4.98 Å². The molecule has 2 aromatic rings. The van der Waals surface area contributed by atoms with E-state index in [4.69, 9.17) is 11.6 Å². The average Bonchev–Trinajstić information content (AvgIpc) is 2.28. The van der Waals surface area contributed by atoms with Crippen molar-refractivity contribution in [3.63, 3.8) is 0 Å². The Balaban J connectivity index is 2.58. The minimum Gasteiger partial charge on any atom is -0.328 e. The standard InChI is InChI=1S/C12H7ClF3NO/c13-9-3-1-2-7(4-9)8-5-10(12(14,15)16)11(18)17-6-8/h1-6H,(H,17,18). The van der Waals surface area contributed by atoms with Crippen LogP contribution in [-0.4, -0.2) is 4.98 Å². The Bertz CT molecular complexity index is 634. The lowest BCUT2D eigenvalue weighted by molar-refractivity contribution is -0.138. The SMILES string of the molecule is O=c1[nH]cc(-c2cccc(Cl)c2)cc1C(F)(F)F. The first kappa shape index (κ1) is 12.7. The van der Waals surface area contributed by atoms with E-state index in [-0.39, 0.29) is 5.56 Å². The number of benzene rings is 1. The fraction of sp³-hybridized carbons (Fsp3) is 0.0833. The molecule has 0 bridgehead atoms. The van der Waals surface area contributed by atoms with Gasteiger partial charge in [-0.25, -0.2) is 0 Å². The first-order valence-corrected chi connectivity index (χ1v) is 5.31. The molecule has 0 aliphatic rings. The molecule has 0 amide bonds. The molecule has 1 aromatic heterocycles. The van der Waals surface area contributed by atoms with Gasteiger partial charge in [0.05, 0.1) is 0 Å². The van der Waals surface area contributed by atoms with Gasteiger partial charge in [0.15, 0.2) is 0 Å². The van der Waals surface area contributed by atoms with E-state index in [0.717, 1.165) is 6.07 Å². The quantitative estimate of drug-likeness (QED) is 0.844. The van der Waals surface area contributed by atoms with Crippen molar-refractivity contribution in [1.29, 1.82) is 0 Å². The third kappa shape index (κ3) is 2.56. The maximum atomic E-state index is 12.6. The number of hydrogen-bond donors (Lipinski definition) is 1. The summed E-state index contributed by atoms with van der Waals surface area (Å²) in [5, 5.41) is 0.409. The van der Waals surface area contributed by atoms with E-state index in [1.807, 2.05) is 0 Å².